The van der Waals surface area contributed by atoms with Crippen molar-refractivity contribution in [2.45, 2.75) is 19.6 Å². The van der Waals surface area contributed by atoms with Gasteiger partial charge in [-0.1, -0.05) is 11.6 Å². The molecule has 3 N–H and O–H groups in total. The molecule has 0 aliphatic carbocycles. The number of benzene rings is 1. The van der Waals surface area contributed by atoms with E-state index in [1.54, 1.807) is 0 Å². The van der Waals surface area contributed by atoms with Gasteiger partial charge in [-0.3, -0.25) is 4.79 Å². The molecular formula is C12H13ClF2N2O4. The molecule has 1 aromatic carbocycles. The van der Waals surface area contributed by atoms with Crippen LogP contribution in [0.15, 0.2) is 18.2 Å². The van der Waals surface area contributed by atoms with Crippen molar-refractivity contribution in [3.8, 4) is 5.75 Å². The summed E-state index contributed by atoms with van der Waals surface area (Å²) < 4.78 is 28.8. The van der Waals surface area contributed by atoms with Crippen LogP contribution < -0.4 is 15.4 Å². The molecule has 0 saturated heterocycles. The number of carboxylic acid groups (broad SMARTS) is 1. The van der Waals surface area contributed by atoms with Gasteiger partial charge in [0.05, 0.1) is 6.42 Å². The van der Waals surface area contributed by atoms with E-state index >= 15 is 0 Å². The summed E-state index contributed by atoms with van der Waals surface area (Å²) in [5, 5.41) is 13.4. The highest BCUT2D eigenvalue weighted by Crippen LogP contribution is 2.24. The average Bonchev–Trinajstić information content (AvgIpc) is 2.38. The fraction of sp³-hybridized carbons (Fsp3) is 0.333. The minimum absolute atomic E-state index is 0.0445. The highest BCUT2D eigenvalue weighted by molar-refractivity contribution is 6.30. The smallest absolute Gasteiger partial charge is 0.387 e. The van der Waals surface area contributed by atoms with Gasteiger partial charge in [-0.15, -0.1) is 0 Å². The van der Waals surface area contributed by atoms with E-state index < -0.39 is 18.6 Å². The average molecular weight is 323 g/mol. The molecule has 116 valence electrons. The Morgan fingerprint density at radius 2 is 2.05 bits per heavy atom. The van der Waals surface area contributed by atoms with Crippen molar-refractivity contribution in [2.75, 3.05) is 6.54 Å². The van der Waals surface area contributed by atoms with E-state index in [9.17, 15) is 18.4 Å². The molecule has 0 radical (unpaired) electrons. The van der Waals surface area contributed by atoms with E-state index in [4.69, 9.17) is 16.7 Å². The second-order valence-electron chi connectivity index (χ2n) is 3.88. The lowest BCUT2D eigenvalue weighted by molar-refractivity contribution is -0.136. The number of urea groups is 1. The minimum atomic E-state index is -2.99. The van der Waals surface area contributed by atoms with E-state index in [0.717, 1.165) is 0 Å². The number of ether oxygens (including phenoxy) is 1. The Balaban J connectivity index is 2.55. The predicted molar refractivity (Wildman–Crippen MR) is 70.6 cm³/mol. The molecule has 1 rings (SSSR count). The van der Waals surface area contributed by atoms with Crippen LogP contribution in [0.4, 0.5) is 13.6 Å². The molecule has 6 nitrogen and oxygen atoms in total. The molecule has 0 aliphatic rings. The first-order valence-electron chi connectivity index (χ1n) is 5.85. The van der Waals surface area contributed by atoms with E-state index in [2.05, 4.69) is 15.4 Å². The Hall–Kier alpha value is -2.09. The maximum Gasteiger partial charge on any atom is 0.387 e. The van der Waals surface area contributed by atoms with Gasteiger partial charge in [-0.05, 0) is 18.2 Å². The zero-order valence-electron chi connectivity index (χ0n) is 10.7. The largest absolute Gasteiger partial charge is 0.481 e. The number of carbonyl (C=O) groups excluding carboxylic acids is 1. The maximum absolute atomic E-state index is 12.2. The summed E-state index contributed by atoms with van der Waals surface area (Å²) in [6.07, 6.45) is -0.218. The number of nitrogens with one attached hydrogen (secondary N) is 2. The first-order valence-corrected chi connectivity index (χ1v) is 6.23. The van der Waals surface area contributed by atoms with Crippen LogP contribution in [0.5, 0.6) is 5.75 Å². The zero-order valence-corrected chi connectivity index (χ0v) is 11.5. The summed E-state index contributed by atoms with van der Waals surface area (Å²) in [4.78, 5) is 21.7. The molecule has 0 aliphatic heterocycles. The van der Waals surface area contributed by atoms with Crippen LogP contribution in [-0.2, 0) is 11.3 Å². The summed E-state index contributed by atoms with van der Waals surface area (Å²) >= 11 is 5.75. The first-order chi connectivity index (χ1) is 9.88. The van der Waals surface area contributed by atoms with Crippen molar-refractivity contribution in [1.82, 2.24) is 10.6 Å². The van der Waals surface area contributed by atoms with Gasteiger partial charge >= 0.3 is 18.6 Å². The molecule has 0 fully saturated rings. The fourth-order valence-electron chi connectivity index (χ4n) is 1.42. The van der Waals surface area contributed by atoms with Gasteiger partial charge in [0.25, 0.3) is 0 Å². The van der Waals surface area contributed by atoms with Crippen molar-refractivity contribution < 1.29 is 28.2 Å². The van der Waals surface area contributed by atoms with Gasteiger partial charge in [0, 0.05) is 23.7 Å². The van der Waals surface area contributed by atoms with Crippen LogP contribution in [0.25, 0.3) is 0 Å². The van der Waals surface area contributed by atoms with Crippen molar-refractivity contribution in [3.05, 3.63) is 28.8 Å². The molecule has 21 heavy (non-hydrogen) atoms. The number of halogens is 3. The number of rotatable bonds is 7. The van der Waals surface area contributed by atoms with Crippen molar-refractivity contribution in [2.24, 2.45) is 0 Å². The minimum Gasteiger partial charge on any atom is -0.481 e. The van der Waals surface area contributed by atoms with E-state index in [0.29, 0.717) is 5.02 Å². The molecule has 1 aromatic rings. The summed E-state index contributed by atoms with van der Waals surface area (Å²) in [5.74, 6) is -1.14. The summed E-state index contributed by atoms with van der Waals surface area (Å²) in [6.45, 7) is -3.13. The highest BCUT2D eigenvalue weighted by Gasteiger charge is 2.11. The number of hydrogen-bond donors (Lipinski definition) is 3. The predicted octanol–water partition coefficient (Wildman–Crippen LogP) is 2.22. The van der Waals surface area contributed by atoms with Crippen molar-refractivity contribution >= 4 is 23.6 Å². The SMILES string of the molecule is O=C(O)CCNC(=O)NCc1cc(Cl)ccc1OC(F)F. The summed E-state index contributed by atoms with van der Waals surface area (Å²) in [5.41, 5.74) is 0.274. The lowest BCUT2D eigenvalue weighted by Crippen LogP contribution is -2.36. The maximum atomic E-state index is 12.2. The van der Waals surface area contributed by atoms with Gasteiger partial charge in [-0.2, -0.15) is 8.78 Å². The topological polar surface area (TPSA) is 87.7 Å². The number of amides is 2. The Labute approximate surface area is 124 Å². The lowest BCUT2D eigenvalue weighted by Gasteiger charge is -2.12. The Kier molecular flexibility index (Phi) is 6.67. The number of carboxylic acids is 1. The molecule has 9 heteroatoms. The number of aliphatic carboxylic acids is 1. The monoisotopic (exact) mass is 322 g/mol. The van der Waals surface area contributed by atoms with Crippen LogP contribution in [0.3, 0.4) is 0 Å². The Morgan fingerprint density at radius 1 is 1.33 bits per heavy atom. The molecule has 2 amide bonds. The standard InChI is InChI=1S/C12H13ClF2N2O4/c13-8-1-2-9(21-11(14)15)7(5-8)6-17-12(20)16-4-3-10(18)19/h1-2,5,11H,3-4,6H2,(H,18,19)(H2,16,17,20). The third-order valence-electron chi connectivity index (χ3n) is 2.30. The zero-order chi connectivity index (χ0) is 15.8. The Bertz CT molecular complexity index is 514. The highest BCUT2D eigenvalue weighted by atomic mass is 35.5. The molecule has 0 spiro atoms. The van der Waals surface area contributed by atoms with Crippen LogP contribution in [0.2, 0.25) is 5.02 Å². The molecular weight excluding hydrogens is 310 g/mol. The second-order valence-corrected chi connectivity index (χ2v) is 4.32. The summed E-state index contributed by atoms with van der Waals surface area (Å²) in [7, 11) is 0. The third kappa shape index (κ3) is 6.75. The third-order valence-corrected chi connectivity index (χ3v) is 2.54. The number of hydrogen-bond acceptors (Lipinski definition) is 3. The fourth-order valence-corrected chi connectivity index (χ4v) is 1.61. The van der Waals surface area contributed by atoms with Crippen LogP contribution >= 0.6 is 11.6 Å². The van der Waals surface area contributed by atoms with E-state index in [1.807, 2.05) is 0 Å². The van der Waals surface area contributed by atoms with Crippen LogP contribution in [0.1, 0.15) is 12.0 Å². The Morgan fingerprint density at radius 3 is 2.67 bits per heavy atom. The second kappa shape index (κ2) is 8.25. The van der Waals surface area contributed by atoms with Crippen molar-refractivity contribution in [3.63, 3.8) is 0 Å². The quantitative estimate of drug-likeness (QED) is 0.718. The molecule has 0 aromatic heterocycles. The molecule has 0 bridgehead atoms. The molecule has 0 atom stereocenters. The normalized spacial score (nSPS) is 10.3. The number of alkyl halides is 2. The van der Waals surface area contributed by atoms with Gasteiger partial charge < -0.3 is 20.5 Å². The van der Waals surface area contributed by atoms with Gasteiger partial charge in [-0.25, -0.2) is 4.79 Å². The molecule has 0 heterocycles. The van der Waals surface area contributed by atoms with E-state index in [-0.39, 0.29) is 30.8 Å². The molecule has 0 saturated carbocycles. The van der Waals surface area contributed by atoms with E-state index in [1.165, 1.54) is 18.2 Å². The van der Waals surface area contributed by atoms with Crippen molar-refractivity contribution in [1.29, 1.82) is 0 Å². The first kappa shape index (κ1) is 17.0. The lowest BCUT2D eigenvalue weighted by atomic mass is 10.2. The van der Waals surface area contributed by atoms with Crippen LogP contribution in [0, 0.1) is 0 Å². The van der Waals surface area contributed by atoms with Crippen LogP contribution in [-0.4, -0.2) is 30.3 Å². The summed E-state index contributed by atoms with van der Waals surface area (Å²) in [6, 6.07) is 3.42. The number of carbonyl (C=O) groups is 2. The van der Waals surface area contributed by atoms with Gasteiger partial charge in [0.1, 0.15) is 5.75 Å². The van der Waals surface area contributed by atoms with Gasteiger partial charge in [0.2, 0.25) is 0 Å². The molecule has 0 unspecified atom stereocenters. The van der Waals surface area contributed by atoms with Gasteiger partial charge in [0.15, 0.2) is 0 Å².